The molecule has 1 N–H and O–H groups in total. The monoisotopic (exact) mass is 388 g/mol. The molecule has 0 radical (unpaired) electrons. The van der Waals surface area contributed by atoms with E-state index in [9.17, 15) is 14.9 Å². The fourth-order valence-electron chi connectivity index (χ4n) is 2.42. The Kier molecular flexibility index (Phi) is 5.19. The van der Waals surface area contributed by atoms with Crippen LogP contribution < -0.4 is 5.32 Å². The van der Waals surface area contributed by atoms with Gasteiger partial charge in [-0.15, -0.1) is 11.3 Å². The Morgan fingerprint density at radius 1 is 1.23 bits per heavy atom. The van der Waals surface area contributed by atoms with Crippen molar-refractivity contribution in [2.45, 2.75) is 25.8 Å². The summed E-state index contributed by atoms with van der Waals surface area (Å²) in [4.78, 5) is 33.5. The quantitative estimate of drug-likeness (QED) is 0.304. The van der Waals surface area contributed by atoms with Crippen LogP contribution in [0.3, 0.4) is 0 Å². The van der Waals surface area contributed by atoms with Crippen LogP contribution in [0.1, 0.15) is 16.3 Å². The highest BCUT2D eigenvalue weighted by Gasteiger charge is 2.15. The molecular weight excluding hydrogens is 372 g/mol. The Balaban J connectivity index is 1.71. The van der Waals surface area contributed by atoms with Gasteiger partial charge in [-0.25, -0.2) is 9.97 Å². The molecule has 0 atom stereocenters. The molecule has 0 saturated carbocycles. The van der Waals surface area contributed by atoms with E-state index >= 15 is 0 Å². The van der Waals surface area contributed by atoms with Crippen LogP contribution in [0, 0.1) is 30.9 Å². The molecule has 0 bridgehead atoms. The van der Waals surface area contributed by atoms with Crippen LogP contribution in [0.25, 0.3) is 10.2 Å². The summed E-state index contributed by atoms with van der Waals surface area (Å²) < 4.78 is 0. The number of aryl methyl sites for hydroxylation is 3. The lowest BCUT2D eigenvalue weighted by molar-refractivity contribution is -0.384. The standard InChI is InChI=1S/C17H16N4O3S2/c1-9-10(2)26-17-15(9)16(18-11(3)19-17)25-8-14(22)20-12-4-6-13(7-5-12)21(23)24/h4-7H,8H2,1-3H3,(H,20,22). The molecule has 0 aliphatic heterocycles. The third-order valence-corrected chi connectivity index (χ3v) is 5.89. The molecule has 1 amide bonds. The number of carbonyl (C=O) groups is 1. The molecule has 26 heavy (non-hydrogen) atoms. The van der Waals surface area contributed by atoms with Crippen molar-refractivity contribution in [2.24, 2.45) is 0 Å². The minimum atomic E-state index is -0.477. The molecule has 3 rings (SSSR count). The lowest BCUT2D eigenvalue weighted by Gasteiger charge is -2.06. The van der Waals surface area contributed by atoms with Crippen LogP contribution in [0.15, 0.2) is 29.3 Å². The van der Waals surface area contributed by atoms with Crippen LogP contribution >= 0.6 is 23.1 Å². The second-order valence-corrected chi connectivity index (χ2v) is 7.85. The van der Waals surface area contributed by atoms with Gasteiger partial charge >= 0.3 is 0 Å². The van der Waals surface area contributed by atoms with E-state index in [1.807, 2.05) is 20.8 Å². The summed E-state index contributed by atoms with van der Waals surface area (Å²) in [6.45, 7) is 5.92. The molecule has 0 aliphatic rings. The first kappa shape index (κ1) is 18.3. The average Bonchev–Trinajstić information content (AvgIpc) is 2.87. The molecule has 9 heteroatoms. The number of carbonyl (C=O) groups excluding carboxylic acids is 1. The molecule has 3 aromatic rings. The molecule has 2 aromatic heterocycles. The topological polar surface area (TPSA) is 98.0 Å². The van der Waals surface area contributed by atoms with E-state index in [1.54, 1.807) is 11.3 Å². The number of hydrogen-bond donors (Lipinski definition) is 1. The van der Waals surface area contributed by atoms with Gasteiger partial charge in [-0.2, -0.15) is 0 Å². The zero-order chi connectivity index (χ0) is 18.8. The SMILES string of the molecule is Cc1nc(SCC(=O)Nc2ccc([N+](=O)[O-])cc2)c2c(C)c(C)sc2n1. The van der Waals surface area contributed by atoms with Gasteiger partial charge in [-0.05, 0) is 38.5 Å². The first-order valence-corrected chi connectivity index (χ1v) is 9.57. The zero-order valence-electron chi connectivity index (χ0n) is 14.4. The number of benzene rings is 1. The van der Waals surface area contributed by atoms with E-state index in [-0.39, 0.29) is 17.3 Å². The van der Waals surface area contributed by atoms with Crippen LogP contribution in [-0.2, 0) is 4.79 Å². The normalized spacial score (nSPS) is 10.9. The Bertz CT molecular complexity index is 999. The number of amides is 1. The summed E-state index contributed by atoms with van der Waals surface area (Å²) in [6.07, 6.45) is 0. The second-order valence-electron chi connectivity index (χ2n) is 5.68. The Morgan fingerprint density at radius 3 is 2.58 bits per heavy atom. The summed E-state index contributed by atoms with van der Waals surface area (Å²) in [5.41, 5.74) is 1.65. The Hall–Kier alpha value is -2.52. The third-order valence-electron chi connectivity index (χ3n) is 3.81. The average molecular weight is 388 g/mol. The number of nitrogens with zero attached hydrogens (tertiary/aromatic N) is 3. The first-order chi connectivity index (χ1) is 12.3. The molecular formula is C17H16N4O3S2. The van der Waals surface area contributed by atoms with Crippen LogP contribution in [0.2, 0.25) is 0 Å². The number of anilines is 1. The second kappa shape index (κ2) is 7.38. The van der Waals surface area contributed by atoms with Gasteiger partial charge in [0.15, 0.2) is 0 Å². The first-order valence-electron chi connectivity index (χ1n) is 7.76. The van der Waals surface area contributed by atoms with E-state index < -0.39 is 4.92 Å². The van der Waals surface area contributed by atoms with E-state index in [2.05, 4.69) is 15.3 Å². The number of aromatic nitrogens is 2. The van der Waals surface area contributed by atoms with Crippen molar-refractivity contribution in [2.75, 3.05) is 11.1 Å². The number of hydrogen-bond acceptors (Lipinski definition) is 7. The number of non-ortho nitro benzene ring substituents is 1. The predicted octanol–water partition coefficient (Wildman–Crippen LogP) is 4.26. The number of nitrogens with one attached hydrogen (secondary N) is 1. The maximum Gasteiger partial charge on any atom is 0.269 e. The Morgan fingerprint density at radius 2 is 1.92 bits per heavy atom. The van der Waals surface area contributed by atoms with Gasteiger partial charge in [0.25, 0.3) is 5.69 Å². The maximum atomic E-state index is 12.2. The molecule has 0 fully saturated rings. The van der Waals surface area contributed by atoms with Crippen LogP contribution in [-0.4, -0.2) is 26.6 Å². The highest BCUT2D eigenvalue weighted by molar-refractivity contribution is 8.00. The third kappa shape index (κ3) is 3.83. The molecule has 1 aromatic carbocycles. The fourth-order valence-corrected chi connectivity index (χ4v) is 4.49. The van der Waals surface area contributed by atoms with E-state index in [1.165, 1.54) is 40.9 Å². The number of thiophene rings is 1. The minimum absolute atomic E-state index is 0.0143. The number of nitro groups is 1. The summed E-state index contributed by atoms with van der Waals surface area (Å²) in [5.74, 6) is 0.673. The van der Waals surface area contributed by atoms with Crippen molar-refractivity contribution in [3.05, 3.63) is 50.6 Å². The minimum Gasteiger partial charge on any atom is -0.325 e. The molecule has 2 heterocycles. The lowest BCUT2D eigenvalue weighted by atomic mass is 10.2. The number of nitro benzene ring substituents is 1. The highest BCUT2D eigenvalue weighted by Crippen LogP contribution is 2.35. The van der Waals surface area contributed by atoms with Gasteiger partial charge < -0.3 is 5.32 Å². The van der Waals surface area contributed by atoms with Crippen molar-refractivity contribution in [3.63, 3.8) is 0 Å². The summed E-state index contributed by atoms with van der Waals surface area (Å²) in [6, 6.07) is 5.75. The van der Waals surface area contributed by atoms with Crippen molar-refractivity contribution in [1.29, 1.82) is 0 Å². The molecule has 0 spiro atoms. The summed E-state index contributed by atoms with van der Waals surface area (Å²) in [5, 5.41) is 15.2. The van der Waals surface area contributed by atoms with Crippen molar-refractivity contribution in [1.82, 2.24) is 9.97 Å². The smallest absolute Gasteiger partial charge is 0.269 e. The number of rotatable bonds is 5. The zero-order valence-corrected chi connectivity index (χ0v) is 16.0. The van der Waals surface area contributed by atoms with Gasteiger partial charge in [0.05, 0.1) is 10.7 Å². The van der Waals surface area contributed by atoms with Gasteiger partial charge in [0.2, 0.25) is 5.91 Å². The predicted molar refractivity (Wildman–Crippen MR) is 104 cm³/mol. The summed E-state index contributed by atoms with van der Waals surface area (Å²) >= 11 is 2.99. The molecule has 0 aliphatic carbocycles. The van der Waals surface area contributed by atoms with Crippen molar-refractivity contribution < 1.29 is 9.72 Å². The largest absolute Gasteiger partial charge is 0.325 e. The molecule has 0 unspecified atom stereocenters. The van der Waals surface area contributed by atoms with Crippen LogP contribution in [0.5, 0.6) is 0 Å². The van der Waals surface area contributed by atoms with E-state index in [4.69, 9.17) is 0 Å². The summed E-state index contributed by atoms with van der Waals surface area (Å²) in [7, 11) is 0. The lowest BCUT2D eigenvalue weighted by Crippen LogP contribution is -2.14. The van der Waals surface area contributed by atoms with E-state index in [0.29, 0.717) is 11.5 Å². The van der Waals surface area contributed by atoms with E-state index in [0.717, 1.165) is 20.8 Å². The molecule has 0 saturated heterocycles. The van der Waals surface area contributed by atoms with Crippen LogP contribution in [0.4, 0.5) is 11.4 Å². The molecule has 134 valence electrons. The van der Waals surface area contributed by atoms with Crippen molar-refractivity contribution in [3.8, 4) is 0 Å². The highest BCUT2D eigenvalue weighted by atomic mass is 32.2. The van der Waals surface area contributed by atoms with Gasteiger partial charge in [-0.1, -0.05) is 11.8 Å². The van der Waals surface area contributed by atoms with Crippen molar-refractivity contribution >= 4 is 50.6 Å². The Labute approximate surface area is 158 Å². The van der Waals surface area contributed by atoms with Gasteiger partial charge in [-0.3, -0.25) is 14.9 Å². The number of thioether (sulfide) groups is 1. The fraction of sp³-hybridized carbons (Fsp3) is 0.235. The number of fused-ring (bicyclic) bond motifs is 1. The van der Waals surface area contributed by atoms with Gasteiger partial charge in [0, 0.05) is 28.1 Å². The molecule has 7 nitrogen and oxygen atoms in total. The van der Waals surface area contributed by atoms with Gasteiger partial charge in [0.1, 0.15) is 15.7 Å². The maximum absolute atomic E-state index is 12.2.